The Bertz CT molecular complexity index is 647. The summed E-state index contributed by atoms with van der Waals surface area (Å²) in [7, 11) is 0. The van der Waals surface area contributed by atoms with Crippen LogP contribution in [0, 0.1) is 6.92 Å². The van der Waals surface area contributed by atoms with Crippen LogP contribution in [-0.2, 0) is 11.2 Å². The van der Waals surface area contributed by atoms with Crippen LogP contribution in [0.4, 0.5) is 0 Å². The summed E-state index contributed by atoms with van der Waals surface area (Å²) < 4.78 is 0. The van der Waals surface area contributed by atoms with Crippen LogP contribution < -0.4 is 5.32 Å². The van der Waals surface area contributed by atoms with Gasteiger partial charge < -0.3 is 10.2 Å². The van der Waals surface area contributed by atoms with E-state index < -0.39 is 0 Å². The lowest BCUT2D eigenvalue weighted by atomic mass is 10.0. The van der Waals surface area contributed by atoms with Gasteiger partial charge in [-0.1, -0.05) is 6.07 Å². The van der Waals surface area contributed by atoms with Crippen LogP contribution in [0.15, 0.2) is 36.7 Å². The molecule has 1 unspecified atom stereocenters. The first-order valence-corrected chi connectivity index (χ1v) is 9.01. The predicted octanol–water partition coefficient (Wildman–Crippen LogP) is 3.37. The van der Waals surface area contributed by atoms with E-state index in [-0.39, 0.29) is 24.4 Å². The normalized spacial score (nSPS) is 17.4. The molecular formula is C18H24ClN3OS. The molecule has 24 heavy (non-hydrogen) atoms. The quantitative estimate of drug-likeness (QED) is 0.883. The van der Waals surface area contributed by atoms with Crippen molar-refractivity contribution in [3.63, 3.8) is 0 Å². The first-order valence-electron chi connectivity index (χ1n) is 8.19. The van der Waals surface area contributed by atoms with E-state index in [1.54, 1.807) is 6.20 Å². The minimum absolute atomic E-state index is 0. The Morgan fingerprint density at radius 1 is 1.42 bits per heavy atom. The average Bonchev–Trinajstić information content (AvgIpc) is 3.01. The lowest BCUT2D eigenvalue weighted by Crippen LogP contribution is -2.48. The maximum absolute atomic E-state index is 12.7. The molecule has 0 aliphatic carbocycles. The molecule has 1 aliphatic heterocycles. The highest BCUT2D eigenvalue weighted by molar-refractivity contribution is 7.11. The van der Waals surface area contributed by atoms with Gasteiger partial charge in [0, 0.05) is 48.2 Å². The van der Waals surface area contributed by atoms with Crippen molar-refractivity contribution in [2.75, 3.05) is 19.6 Å². The second-order valence-corrected chi connectivity index (χ2v) is 7.33. The fourth-order valence-corrected chi connectivity index (χ4v) is 3.98. The van der Waals surface area contributed by atoms with Crippen LogP contribution >= 0.6 is 23.7 Å². The number of thiophene rings is 1. The monoisotopic (exact) mass is 365 g/mol. The van der Waals surface area contributed by atoms with Gasteiger partial charge in [-0.15, -0.1) is 23.7 Å². The fraction of sp³-hybridized carbons (Fsp3) is 0.444. The van der Waals surface area contributed by atoms with Crippen molar-refractivity contribution in [2.24, 2.45) is 0 Å². The number of hydrogen-bond acceptors (Lipinski definition) is 4. The summed E-state index contributed by atoms with van der Waals surface area (Å²) in [6, 6.07) is 8.42. The van der Waals surface area contributed by atoms with Crippen molar-refractivity contribution in [1.29, 1.82) is 0 Å². The predicted molar refractivity (Wildman–Crippen MR) is 101 cm³/mol. The average molecular weight is 366 g/mol. The highest BCUT2D eigenvalue weighted by Crippen LogP contribution is 2.23. The summed E-state index contributed by atoms with van der Waals surface area (Å²) in [5.74, 6) is 0.258. The maximum atomic E-state index is 12.7. The summed E-state index contributed by atoms with van der Waals surface area (Å²) in [4.78, 5) is 21.6. The second-order valence-electron chi connectivity index (χ2n) is 5.96. The van der Waals surface area contributed by atoms with Gasteiger partial charge in [-0.3, -0.25) is 9.78 Å². The van der Waals surface area contributed by atoms with Crippen LogP contribution in [-0.4, -0.2) is 35.4 Å². The molecule has 4 nitrogen and oxygen atoms in total. The van der Waals surface area contributed by atoms with Gasteiger partial charge in [0.05, 0.1) is 6.04 Å². The summed E-state index contributed by atoms with van der Waals surface area (Å²) >= 11 is 1.83. The van der Waals surface area contributed by atoms with Gasteiger partial charge in [0.1, 0.15) is 0 Å². The molecule has 0 radical (unpaired) electrons. The Hall–Kier alpha value is -1.43. The number of halogens is 1. The van der Waals surface area contributed by atoms with Crippen molar-refractivity contribution in [2.45, 2.75) is 32.2 Å². The van der Waals surface area contributed by atoms with Gasteiger partial charge >= 0.3 is 0 Å². The summed E-state index contributed by atoms with van der Waals surface area (Å²) in [6.45, 7) is 4.57. The fourth-order valence-electron chi connectivity index (χ4n) is 3.05. The number of pyridine rings is 1. The molecular weight excluding hydrogens is 342 g/mol. The number of rotatable bonds is 5. The van der Waals surface area contributed by atoms with Gasteiger partial charge in [-0.25, -0.2) is 0 Å². The number of aromatic nitrogens is 1. The Labute approximate surface area is 153 Å². The Morgan fingerprint density at radius 2 is 2.29 bits per heavy atom. The minimum Gasteiger partial charge on any atom is -0.333 e. The molecule has 0 aromatic carbocycles. The molecule has 0 bridgehead atoms. The van der Waals surface area contributed by atoms with Crippen LogP contribution in [0.1, 0.15) is 34.2 Å². The summed E-state index contributed by atoms with van der Waals surface area (Å²) in [6.07, 6.45) is 6.17. The molecule has 2 aromatic rings. The number of piperazine rings is 1. The molecule has 0 spiro atoms. The highest BCUT2D eigenvalue weighted by atomic mass is 35.5. The van der Waals surface area contributed by atoms with Crippen molar-refractivity contribution >= 4 is 29.7 Å². The molecule has 2 aromatic heterocycles. The molecule has 1 saturated heterocycles. The number of nitrogens with zero attached hydrogens (tertiary/aromatic N) is 2. The van der Waals surface area contributed by atoms with E-state index in [1.807, 2.05) is 28.5 Å². The lowest BCUT2D eigenvalue weighted by Gasteiger charge is -2.36. The second kappa shape index (κ2) is 9.16. The van der Waals surface area contributed by atoms with E-state index in [4.69, 9.17) is 0 Å². The summed E-state index contributed by atoms with van der Waals surface area (Å²) in [5.41, 5.74) is 1.11. The molecule has 6 heteroatoms. The molecule has 1 amide bonds. The zero-order chi connectivity index (χ0) is 16.1. The molecule has 1 N–H and O–H groups in total. The number of carbonyl (C=O) groups is 1. The largest absolute Gasteiger partial charge is 0.333 e. The molecule has 0 saturated carbocycles. The maximum Gasteiger partial charge on any atom is 0.223 e. The zero-order valence-electron chi connectivity index (χ0n) is 13.9. The molecule has 3 heterocycles. The van der Waals surface area contributed by atoms with Crippen molar-refractivity contribution in [3.8, 4) is 0 Å². The first-order chi connectivity index (χ1) is 11.2. The van der Waals surface area contributed by atoms with Gasteiger partial charge in [-0.05, 0) is 43.5 Å². The lowest BCUT2D eigenvalue weighted by molar-refractivity contribution is -0.134. The standard InChI is InChI=1S/C18H23N3OS.ClH/c1-14-7-8-16(23-14)5-2-6-18(22)21-11-10-20-13-17(21)15-4-3-9-19-12-15;/h3-4,7-9,12,17,20H,2,5-6,10-11,13H2,1H3;1H. The SMILES string of the molecule is Cc1ccc(CCCC(=O)N2CCNCC2c2cccnc2)s1.Cl. The van der Waals surface area contributed by atoms with Crippen LogP contribution in [0.5, 0.6) is 0 Å². The van der Waals surface area contributed by atoms with Gasteiger partial charge in [0.2, 0.25) is 5.91 Å². The number of carbonyl (C=O) groups excluding carboxylic acids is 1. The van der Waals surface area contributed by atoms with E-state index >= 15 is 0 Å². The van der Waals surface area contributed by atoms with Gasteiger partial charge in [-0.2, -0.15) is 0 Å². The number of amides is 1. The van der Waals surface area contributed by atoms with E-state index in [2.05, 4.69) is 35.4 Å². The van der Waals surface area contributed by atoms with Crippen LogP contribution in [0.2, 0.25) is 0 Å². The number of hydrogen-bond donors (Lipinski definition) is 1. The van der Waals surface area contributed by atoms with Crippen molar-refractivity contribution < 1.29 is 4.79 Å². The number of nitrogens with one attached hydrogen (secondary N) is 1. The molecule has 130 valence electrons. The minimum atomic E-state index is 0. The summed E-state index contributed by atoms with van der Waals surface area (Å²) in [5, 5.41) is 3.38. The molecule has 1 atom stereocenters. The van der Waals surface area contributed by atoms with Crippen molar-refractivity contribution in [3.05, 3.63) is 52.0 Å². The number of aryl methyl sites for hydroxylation is 2. The topological polar surface area (TPSA) is 45.2 Å². The third-order valence-corrected chi connectivity index (χ3v) is 5.30. The van der Waals surface area contributed by atoms with Gasteiger partial charge in [0.25, 0.3) is 0 Å². The van der Waals surface area contributed by atoms with Crippen molar-refractivity contribution in [1.82, 2.24) is 15.2 Å². The van der Waals surface area contributed by atoms with E-state index in [0.29, 0.717) is 6.42 Å². The third-order valence-electron chi connectivity index (χ3n) is 4.24. The molecule has 1 aliphatic rings. The zero-order valence-corrected chi connectivity index (χ0v) is 15.5. The Kier molecular flexibility index (Phi) is 7.21. The third kappa shape index (κ3) is 4.79. The van der Waals surface area contributed by atoms with E-state index in [9.17, 15) is 4.79 Å². The molecule has 1 fully saturated rings. The first kappa shape index (κ1) is 18.9. The van der Waals surface area contributed by atoms with Crippen LogP contribution in [0.3, 0.4) is 0 Å². The van der Waals surface area contributed by atoms with E-state index in [0.717, 1.165) is 38.0 Å². The van der Waals surface area contributed by atoms with Gasteiger partial charge in [0.15, 0.2) is 0 Å². The Morgan fingerprint density at radius 3 is 3.00 bits per heavy atom. The Balaban J connectivity index is 0.00000208. The van der Waals surface area contributed by atoms with Crippen LogP contribution in [0.25, 0.3) is 0 Å². The highest BCUT2D eigenvalue weighted by Gasteiger charge is 2.27. The van der Waals surface area contributed by atoms with E-state index in [1.165, 1.54) is 9.75 Å². The molecule has 3 rings (SSSR count). The smallest absolute Gasteiger partial charge is 0.223 e.